The average molecular weight is 358 g/mol. The molecule has 5 nitrogen and oxygen atoms in total. The summed E-state index contributed by atoms with van der Waals surface area (Å²) in [6, 6.07) is 7.43. The molecular weight excluding hydrogens is 338 g/mol. The van der Waals surface area contributed by atoms with Crippen LogP contribution < -0.4 is 4.74 Å². The van der Waals surface area contributed by atoms with Crippen molar-refractivity contribution in [3.05, 3.63) is 28.7 Å². The number of hydrogen-bond acceptors (Lipinski definition) is 4. The molecule has 0 N–H and O–H groups in total. The minimum Gasteiger partial charge on any atom is -0.493 e. The van der Waals surface area contributed by atoms with E-state index in [0.29, 0.717) is 12.3 Å². The van der Waals surface area contributed by atoms with Gasteiger partial charge in [-0.05, 0) is 24.6 Å². The lowest BCUT2D eigenvalue weighted by molar-refractivity contribution is -0.147. The van der Waals surface area contributed by atoms with Crippen molar-refractivity contribution in [3.63, 3.8) is 0 Å². The van der Waals surface area contributed by atoms with Gasteiger partial charge in [-0.25, -0.2) is 0 Å². The van der Waals surface area contributed by atoms with E-state index in [-0.39, 0.29) is 25.5 Å². The van der Waals surface area contributed by atoms with Crippen LogP contribution in [0.1, 0.15) is 19.8 Å². The predicted octanol–water partition coefficient (Wildman–Crippen LogP) is 2.63. The molecule has 1 rings (SSSR count). The SMILES string of the molecule is CCCN(CC(=O)OC)C(=O)CCOc1cccc(Br)c1. The number of esters is 1. The van der Waals surface area contributed by atoms with E-state index in [1.165, 1.54) is 12.0 Å². The van der Waals surface area contributed by atoms with Crippen LogP contribution in [0.25, 0.3) is 0 Å². The molecule has 116 valence electrons. The predicted molar refractivity (Wildman–Crippen MR) is 83.1 cm³/mol. The minimum absolute atomic E-state index is 0.0138. The summed E-state index contributed by atoms with van der Waals surface area (Å²) in [6.45, 7) is 2.75. The van der Waals surface area contributed by atoms with Crippen molar-refractivity contribution >= 4 is 27.8 Å². The third kappa shape index (κ3) is 6.62. The van der Waals surface area contributed by atoms with E-state index < -0.39 is 5.97 Å². The summed E-state index contributed by atoms with van der Waals surface area (Å²) in [6.07, 6.45) is 1.01. The highest BCUT2D eigenvalue weighted by atomic mass is 79.9. The maximum absolute atomic E-state index is 12.1. The molecule has 1 aromatic carbocycles. The molecule has 0 saturated carbocycles. The third-order valence-electron chi connectivity index (χ3n) is 2.77. The van der Waals surface area contributed by atoms with E-state index in [2.05, 4.69) is 20.7 Å². The van der Waals surface area contributed by atoms with E-state index >= 15 is 0 Å². The molecule has 21 heavy (non-hydrogen) atoms. The van der Waals surface area contributed by atoms with Crippen LogP contribution in [0.3, 0.4) is 0 Å². The van der Waals surface area contributed by atoms with Crippen LogP contribution in [-0.4, -0.2) is 43.6 Å². The number of benzene rings is 1. The number of carbonyl (C=O) groups excluding carboxylic acids is 2. The molecule has 0 atom stereocenters. The summed E-state index contributed by atoms with van der Waals surface area (Å²) in [5.74, 6) is 0.175. The Morgan fingerprint density at radius 1 is 1.33 bits per heavy atom. The van der Waals surface area contributed by atoms with Crippen LogP contribution >= 0.6 is 15.9 Å². The molecule has 0 spiro atoms. The normalized spacial score (nSPS) is 10.0. The first kappa shape index (κ1) is 17.5. The second-order valence-electron chi connectivity index (χ2n) is 4.45. The molecule has 1 aromatic rings. The Hall–Kier alpha value is -1.56. The summed E-state index contributed by atoms with van der Waals surface area (Å²) < 4.78 is 11.0. The zero-order valence-corrected chi connectivity index (χ0v) is 13.9. The Bertz CT molecular complexity index is 478. The first-order chi connectivity index (χ1) is 10.1. The fourth-order valence-corrected chi connectivity index (χ4v) is 2.13. The van der Waals surface area contributed by atoms with Crippen LogP contribution in [0.2, 0.25) is 0 Å². The highest BCUT2D eigenvalue weighted by molar-refractivity contribution is 9.10. The lowest BCUT2D eigenvalue weighted by Gasteiger charge is -2.20. The molecular formula is C15H20BrNO4. The number of rotatable bonds is 8. The summed E-state index contributed by atoms with van der Waals surface area (Å²) >= 11 is 3.36. The van der Waals surface area contributed by atoms with E-state index in [9.17, 15) is 9.59 Å². The van der Waals surface area contributed by atoms with Gasteiger partial charge in [-0.3, -0.25) is 9.59 Å². The van der Waals surface area contributed by atoms with Crippen LogP contribution in [0, 0.1) is 0 Å². The van der Waals surface area contributed by atoms with Gasteiger partial charge in [0, 0.05) is 11.0 Å². The van der Waals surface area contributed by atoms with Gasteiger partial charge in [0.05, 0.1) is 20.1 Å². The number of nitrogens with zero attached hydrogens (tertiary/aromatic N) is 1. The zero-order valence-electron chi connectivity index (χ0n) is 12.3. The Morgan fingerprint density at radius 3 is 2.71 bits per heavy atom. The summed E-state index contributed by atoms with van der Waals surface area (Å²) in [7, 11) is 1.31. The van der Waals surface area contributed by atoms with Gasteiger partial charge in [0.15, 0.2) is 0 Å². The Balaban J connectivity index is 2.44. The van der Waals surface area contributed by atoms with Gasteiger partial charge < -0.3 is 14.4 Å². The number of methoxy groups -OCH3 is 1. The fourth-order valence-electron chi connectivity index (χ4n) is 1.75. The molecule has 0 aliphatic rings. The van der Waals surface area contributed by atoms with Crippen molar-refractivity contribution < 1.29 is 19.1 Å². The van der Waals surface area contributed by atoms with Gasteiger partial charge >= 0.3 is 5.97 Å². The van der Waals surface area contributed by atoms with Gasteiger partial charge in [0.25, 0.3) is 0 Å². The van der Waals surface area contributed by atoms with Crippen LogP contribution in [0.5, 0.6) is 5.75 Å². The number of halogens is 1. The highest BCUT2D eigenvalue weighted by Crippen LogP contribution is 2.17. The molecule has 0 aliphatic heterocycles. The number of hydrogen-bond donors (Lipinski definition) is 0. The summed E-state index contributed by atoms with van der Waals surface area (Å²) in [5, 5.41) is 0. The maximum Gasteiger partial charge on any atom is 0.325 e. The molecule has 0 saturated heterocycles. The summed E-state index contributed by atoms with van der Waals surface area (Å²) in [4.78, 5) is 24.8. The fraction of sp³-hybridized carbons (Fsp3) is 0.467. The van der Waals surface area contributed by atoms with Gasteiger partial charge in [0.2, 0.25) is 5.91 Å². The molecule has 0 aliphatic carbocycles. The number of amides is 1. The first-order valence-corrected chi connectivity index (χ1v) is 7.59. The van der Waals surface area contributed by atoms with Crippen molar-refractivity contribution in [2.45, 2.75) is 19.8 Å². The second kappa shape index (κ2) is 9.39. The molecule has 0 radical (unpaired) electrons. The van der Waals surface area contributed by atoms with E-state index in [1.54, 1.807) is 0 Å². The van der Waals surface area contributed by atoms with Gasteiger partial charge in [-0.15, -0.1) is 0 Å². The number of ether oxygens (including phenoxy) is 2. The van der Waals surface area contributed by atoms with Crippen LogP contribution in [-0.2, 0) is 14.3 Å². The molecule has 6 heteroatoms. The Morgan fingerprint density at radius 2 is 2.10 bits per heavy atom. The quantitative estimate of drug-likeness (QED) is 0.671. The van der Waals surface area contributed by atoms with E-state index in [4.69, 9.17) is 4.74 Å². The first-order valence-electron chi connectivity index (χ1n) is 6.79. The lowest BCUT2D eigenvalue weighted by Crippen LogP contribution is -2.37. The van der Waals surface area contributed by atoms with Crippen LogP contribution in [0.15, 0.2) is 28.7 Å². The van der Waals surface area contributed by atoms with Crippen LogP contribution in [0.4, 0.5) is 0 Å². The van der Waals surface area contributed by atoms with Gasteiger partial charge in [0.1, 0.15) is 12.3 Å². The standard InChI is InChI=1S/C15H20BrNO4/c1-3-8-17(11-15(19)20-2)14(18)7-9-21-13-6-4-5-12(16)10-13/h4-6,10H,3,7-9,11H2,1-2H3. The monoisotopic (exact) mass is 357 g/mol. The minimum atomic E-state index is -0.412. The molecule has 0 aromatic heterocycles. The topological polar surface area (TPSA) is 55.8 Å². The van der Waals surface area contributed by atoms with Crippen molar-refractivity contribution in [2.24, 2.45) is 0 Å². The Labute approximate surface area is 133 Å². The largest absolute Gasteiger partial charge is 0.493 e. The summed E-state index contributed by atoms with van der Waals surface area (Å²) in [5.41, 5.74) is 0. The van der Waals surface area contributed by atoms with Crippen molar-refractivity contribution in [1.82, 2.24) is 4.90 Å². The van der Waals surface area contributed by atoms with Crippen molar-refractivity contribution in [2.75, 3.05) is 26.8 Å². The smallest absolute Gasteiger partial charge is 0.325 e. The van der Waals surface area contributed by atoms with E-state index in [0.717, 1.165) is 10.9 Å². The molecule has 0 heterocycles. The molecule has 0 bridgehead atoms. The molecule has 1 amide bonds. The van der Waals surface area contributed by atoms with E-state index in [1.807, 2.05) is 31.2 Å². The van der Waals surface area contributed by atoms with Crippen molar-refractivity contribution in [3.8, 4) is 5.75 Å². The average Bonchev–Trinajstić information content (AvgIpc) is 2.46. The zero-order chi connectivity index (χ0) is 15.7. The molecule has 0 fully saturated rings. The Kier molecular flexibility index (Phi) is 7.82. The number of carbonyl (C=O) groups is 2. The molecule has 0 unspecified atom stereocenters. The third-order valence-corrected chi connectivity index (χ3v) is 3.27. The second-order valence-corrected chi connectivity index (χ2v) is 5.36. The van der Waals surface area contributed by atoms with Gasteiger partial charge in [-0.1, -0.05) is 28.9 Å². The maximum atomic E-state index is 12.1. The lowest BCUT2D eigenvalue weighted by atomic mass is 10.3. The van der Waals surface area contributed by atoms with Crippen molar-refractivity contribution in [1.29, 1.82) is 0 Å². The van der Waals surface area contributed by atoms with Gasteiger partial charge in [-0.2, -0.15) is 0 Å². The highest BCUT2D eigenvalue weighted by Gasteiger charge is 2.16.